The van der Waals surface area contributed by atoms with E-state index in [2.05, 4.69) is 13.5 Å². The molecular weight excluding hydrogens is 232 g/mol. The van der Waals surface area contributed by atoms with Crippen molar-refractivity contribution in [2.45, 2.75) is 59.0 Å². The highest BCUT2D eigenvalue weighted by molar-refractivity contribution is 5.99. The molecule has 4 nitrogen and oxygen atoms in total. The van der Waals surface area contributed by atoms with Gasteiger partial charge in [0.2, 0.25) is 0 Å². The summed E-state index contributed by atoms with van der Waals surface area (Å²) in [6.07, 6.45) is 4.15. The molecule has 0 saturated heterocycles. The maximum Gasteiger partial charge on any atom is 0.324 e. The van der Waals surface area contributed by atoms with Crippen molar-refractivity contribution in [2.75, 3.05) is 0 Å². The predicted molar refractivity (Wildman–Crippen MR) is 70.3 cm³/mol. The van der Waals surface area contributed by atoms with E-state index in [0.29, 0.717) is 0 Å². The molecule has 18 heavy (non-hydrogen) atoms. The summed E-state index contributed by atoms with van der Waals surface area (Å²) in [5, 5.41) is 9.16. The third kappa shape index (κ3) is 4.51. The normalized spacial score (nSPS) is 14.7. The van der Waals surface area contributed by atoms with Crippen molar-refractivity contribution in [1.82, 2.24) is 0 Å². The number of hydrogen-bond donors (Lipinski definition) is 1. The van der Waals surface area contributed by atoms with Crippen molar-refractivity contribution in [3.05, 3.63) is 12.7 Å². The molecule has 0 rings (SSSR count). The lowest BCUT2D eigenvalue weighted by Gasteiger charge is -2.30. The molecule has 0 aliphatic heterocycles. The number of carbonyl (C=O) groups excluding carboxylic acids is 1. The minimum Gasteiger partial charge on any atom is -0.480 e. The Balaban J connectivity index is 4.81. The Bertz CT molecular complexity index is 320. The van der Waals surface area contributed by atoms with Crippen molar-refractivity contribution in [2.24, 2.45) is 5.41 Å². The van der Waals surface area contributed by atoms with Gasteiger partial charge >= 0.3 is 11.9 Å². The maximum absolute atomic E-state index is 12.0. The van der Waals surface area contributed by atoms with Crippen molar-refractivity contribution in [3.63, 3.8) is 0 Å². The minimum absolute atomic E-state index is 0.0605. The Labute approximate surface area is 109 Å². The number of hydrogen-bond acceptors (Lipinski definition) is 3. The maximum atomic E-state index is 12.0. The van der Waals surface area contributed by atoms with E-state index in [1.165, 1.54) is 13.0 Å². The van der Waals surface area contributed by atoms with Gasteiger partial charge < -0.3 is 9.84 Å². The molecule has 1 atom stereocenters. The van der Waals surface area contributed by atoms with Crippen LogP contribution in [0.3, 0.4) is 0 Å². The SMILES string of the molecule is C=CCC(C)(C(=O)O)C(=O)OC(C)(C)CCCC. The fraction of sp³-hybridized carbons (Fsp3) is 0.714. The molecule has 0 bridgehead atoms. The Morgan fingerprint density at radius 1 is 1.33 bits per heavy atom. The quantitative estimate of drug-likeness (QED) is 0.411. The summed E-state index contributed by atoms with van der Waals surface area (Å²) in [5.41, 5.74) is -2.18. The Hall–Kier alpha value is -1.32. The first-order valence-electron chi connectivity index (χ1n) is 6.27. The molecular formula is C14H24O4. The van der Waals surface area contributed by atoms with Crippen LogP contribution in [0.5, 0.6) is 0 Å². The molecule has 0 aromatic rings. The lowest BCUT2D eigenvalue weighted by molar-refractivity contribution is -0.177. The van der Waals surface area contributed by atoms with Crippen LogP contribution >= 0.6 is 0 Å². The second-order valence-electron chi connectivity index (χ2n) is 5.38. The number of rotatable bonds is 8. The van der Waals surface area contributed by atoms with Gasteiger partial charge in [-0.1, -0.05) is 19.4 Å². The standard InChI is InChI=1S/C14H24O4/c1-6-8-10-13(3,4)18-12(17)14(5,9-7-2)11(15)16/h7H,2,6,8-10H2,1,3-5H3,(H,15,16). The van der Waals surface area contributed by atoms with Crippen LogP contribution in [-0.4, -0.2) is 22.6 Å². The van der Waals surface area contributed by atoms with E-state index in [1.807, 2.05) is 0 Å². The Morgan fingerprint density at radius 2 is 1.89 bits per heavy atom. The smallest absolute Gasteiger partial charge is 0.324 e. The van der Waals surface area contributed by atoms with Crippen molar-refractivity contribution < 1.29 is 19.4 Å². The van der Waals surface area contributed by atoms with Crippen LogP contribution in [-0.2, 0) is 14.3 Å². The van der Waals surface area contributed by atoms with Gasteiger partial charge in [0.25, 0.3) is 0 Å². The number of carbonyl (C=O) groups is 2. The van der Waals surface area contributed by atoms with Crippen molar-refractivity contribution >= 4 is 11.9 Å². The van der Waals surface area contributed by atoms with Crippen LogP contribution < -0.4 is 0 Å². The molecule has 0 saturated carbocycles. The summed E-state index contributed by atoms with van der Waals surface area (Å²) in [6.45, 7) is 10.5. The van der Waals surface area contributed by atoms with E-state index < -0.39 is 23.0 Å². The number of esters is 1. The molecule has 4 heteroatoms. The van der Waals surface area contributed by atoms with Gasteiger partial charge in [-0.3, -0.25) is 9.59 Å². The number of ether oxygens (including phenoxy) is 1. The molecule has 0 heterocycles. The molecule has 1 unspecified atom stereocenters. The van der Waals surface area contributed by atoms with Crippen LogP contribution in [0.4, 0.5) is 0 Å². The molecule has 0 radical (unpaired) electrons. The molecule has 0 aliphatic carbocycles. The third-order valence-electron chi connectivity index (χ3n) is 2.98. The molecule has 104 valence electrons. The second kappa shape index (κ2) is 6.57. The van der Waals surface area contributed by atoms with Gasteiger partial charge in [-0.15, -0.1) is 6.58 Å². The molecule has 0 amide bonds. The second-order valence-corrected chi connectivity index (χ2v) is 5.38. The molecule has 0 fully saturated rings. The van der Waals surface area contributed by atoms with Crippen LogP contribution in [0, 0.1) is 5.41 Å². The fourth-order valence-electron chi connectivity index (χ4n) is 1.56. The van der Waals surface area contributed by atoms with E-state index in [1.54, 1.807) is 13.8 Å². The zero-order valence-corrected chi connectivity index (χ0v) is 11.8. The van der Waals surface area contributed by atoms with Crippen LogP contribution in [0.1, 0.15) is 53.4 Å². The fourth-order valence-corrected chi connectivity index (χ4v) is 1.56. The zero-order chi connectivity index (χ0) is 14.4. The predicted octanol–water partition coefficient (Wildman–Crippen LogP) is 3.17. The van der Waals surface area contributed by atoms with E-state index >= 15 is 0 Å². The van der Waals surface area contributed by atoms with Crippen molar-refractivity contribution in [1.29, 1.82) is 0 Å². The number of allylic oxidation sites excluding steroid dienone is 1. The van der Waals surface area contributed by atoms with Crippen molar-refractivity contribution in [3.8, 4) is 0 Å². The van der Waals surface area contributed by atoms with Crippen LogP contribution in [0.15, 0.2) is 12.7 Å². The average Bonchev–Trinajstić information content (AvgIpc) is 2.25. The summed E-state index contributed by atoms with van der Waals surface area (Å²) in [5.74, 6) is -1.88. The number of unbranched alkanes of at least 4 members (excludes halogenated alkanes) is 1. The number of carboxylic acids is 1. The lowest BCUT2D eigenvalue weighted by atomic mass is 9.86. The largest absolute Gasteiger partial charge is 0.480 e. The highest BCUT2D eigenvalue weighted by atomic mass is 16.6. The van der Waals surface area contributed by atoms with Gasteiger partial charge in [0.05, 0.1) is 0 Å². The first-order valence-corrected chi connectivity index (χ1v) is 6.27. The first-order chi connectivity index (χ1) is 8.19. The zero-order valence-electron chi connectivity index (χ0n) is 11.8. The minimum atomic E-state index is -1.55. The Morgan fingerprint density at radius 3 is 2.28 bits per heavy atom. The van der Waals surface area contributed by atoms with Gasteiger partial charge in [0.15, 0.2) is 5.41 Å². The number of aliphatic carboxylic acids is 1. The van der Waals surface area contributed by atoms with E-state index in [0.717, 1.165) is 19.3 Å². The van der Waals surface area contributed by atoms with Crippen LogP contribution in [0.2, 0.25) is 0 Å². The van der Waals surface area contributed by atoms with Gasteiger partial charge in [0, 0.05) is 0 Å². The highest BCUT2D eigenvalue weighted by Crippen LogP contribution is 2.28. The van der Waals surface area contributed by atoms with Gasteiger partial charge in [-0.25, -0.2) is 0 Å². The topological polar surface area (TPSA) is 63.6 Å². The lowest BCUT2D eigenvalue weighted by Crippen LogP contribution is -2.42. The average molecular weight is 256 g/mol. The summed E-state index contributed by atoms with van der Waals surface area (Å²) in [4.78, 5) is 23.2. The Kier molecular flexibility index (Phi) is 6.09. The highest BCUT2D eigenvalue weighted by Gasteiger charge is 2.43. The van der Waals surface area contributed by atoms with Crippen LogP contribution in [0.25, 0.3) is 0 Å². The summed E-state index contributed by atoms with van der Waals surface area (Å²) < 4.78 is 5.35. The van der Waals surface area contributed by atoms with Gasteiger partial charge in [-0.05, 0) is 40.0 Å². The molecule has 0 aliphatic rings. The molecule has 1 N–H and O–H groups in total. The molecule has 0 aromatic heterocycles. The third-order valence-corrected chi connectivity index (χ3v) is 2.98. The van der Waals surface area contributed by atoms with E-state index in [-0.39, 0.29) is 6.42 Å². The monoisotopic (exact) mass is 256 g/mol. The van der Waals surface area contributed by atoms with E-state index in [4.69, 9.17) is 9.84 Å². The first kappa shape index (κ1) is 16.7. The molecule has 0 aromatic carbocycles. The summed E-state index contributed by atoms with van der Waals surface area (Å²) in [7, 11) is 0. The number of carboxylic acid groups (broad SMARTS) is 1. The summed E-state index contributed by atoms with van der Waals surface area (Å²) in [6, 6.07) is 0. The van der Waals surface area contributed by atoms with Gasteiger partial charge in [0.1, 0.15) is 5.60 Å². The van der Waals surface area contributed by atoms with Gasteiger partial charge in [-0.2, -0.15) is 0 Å². The molecule has 0 spiro atoms. The summed E-state index contributed by atoms with van der Waals surface area (Å²) >= 11 is 0. The van der Waals surface area contributed by atoms with E-state index in [9.17, 15) is 9.59 Å².